The monoisotopic (exact) mass is 329 g/mol. The van der Waals surface area contributed by atoms with Crippen LogP contribution >= 0.6 is 27.3 Å². The minimum atomic E-state index is 0.527. The van der Waals surface area contributed by atoms with Crippen LogP contribution in [0.4, 0.5) is 0 Å². The van der Waals surface area contributed by atoms with Gasteiger partial charge in [0.1, 0.15) is 0 Å². The summed E-state index contributed by atoms with van der Waals surface area (Å²) in [6.07, 6.45) is 6.88. The van der Waals surface area contributed by atoms with Gasteiger partial charge in [0.15, 0.2) is 0 Å². The average Bonchev–Trinajstić information content (AvgIpc) is 2.89. The number of hydrogen-bond donors (Lipinski definition) is 1. The van der Waals surface area contributed by atoms with Gasteiger partial charge in [0.2, 0.25) is 0 Å². The van der Waals surface area contributed by atoms with Crippen LogP contribution in [0.25, 0.3) is 0 Å². The largest absolute Gasteiger partial charge is 0.316 e. The van der Waals surface area contributed by atoms with E-state index in [4.69, 9.17) is 0 Å². The molecule has 1 N–H and O–H groups in total. The van der Waals surface area contributed by atoms with Gasteiger partial charge in [-0.25, -0.2) is 0 Å². The molecule has 1 saturated carbocycles. The van der Waals surface area contributed by atoms with Crippen molar-refractivity contribution in [1.82, 2.24) is 5.32 Å². The van der Waals surface area contributed by atoms with Crippen LogP contribution in [-0.2, 0) is 6.42 Å². The number of hydrogen-bond acceptors (Lipinski definition) is 2. The Labute approximate surface area is 123 Å². The maximum Gasteiger partial charge on any atom is 0.0285 e. The first-order valence-electron chi connectivity index (χ1n) is 7.03. The van der Waals surface area contributed by atoms with E-state index in [-0.39, 0.29) is 0 Å². The van der Waals surface area contributed by atoms with Crippen molar-refractivity contribution < 1.29 is 0 Å². The van der Waals surface area contributed by atoms with Crippen LogP contribution in [0.5, 0.6) is 0 Å². The summed E-state index contributed by atoms with van der Waals surface area (Å²) in [6, 6.07) is 2.30. The van der Waals surface area contributed by atoms with Gasteiger partial charge in [-0.3, -0.25) is 0 Å². The molecule has 1 fully saturated rings. The van der Waals surface area contributed by atoms with Crippen molar-refractivity contribution in [2.24, 2.45) is 11.3 Å². The zero-order chi connectivity index (χ0) is 13.0. The van der Waals surface area contributed by atoms with E-state index in [0.717, 1.165) is 12.5 Å². The summed E-state index contributed by atoms with van der Waals surface area (Å²) in [5.41, 5.74) is 0.527. The van der Waals surface area contributed by atoms with Gasteiger partial charge in [0, 0.05) is 21.3 Å². The Morgan fingerprint density at radius 2 is 2.11 bits per heavy atom. The van der Waals surface area contributed by atoms with Gasteiger partial charge < -0.3 is 5.32 Å². The van der Waals surface area contributed by atoms with E-state index in [1.165, 1.54) is 48.0 Å². The molecule has 1 aliphatic rings. The van der Waals surface area contributed by atoms with Crippen LogP contribution in [0, 0.1) is 11.3 Å². The van der Waals surface area contributed by atoms with E-state index in [1.54, 1.807) is 0 Å². The lowest BCUT2D eigenvalue weighted by Gasteiger charge is -2.29. The molecule has 102 valence electrons. The molecule has 0 amide bonds. The highest BCUT2D eigenvalue weighted by molar-refractivity contribution is 9.10. The molecule has 0 aromatic carbocycles. The highest BCUT2D eigenvalue weighted by Gasteiger charge is 2.33. The lowest BCUT2D eigenvalue weighted by Crippen LogP contribution is -2.35. The lowest BCUT2D eigenvalue weighted by molar-refractivity contribution is 0.275. The van der Waals surface area contributed by atoms with Crippen molar-refractivity contribution >= 4 is 27.3 Å². The van der Waals surface area contributed by atoms with Crippen molar-refractivity contribution in [2.75, 3.05) is 13.1 Å². The first-order chi connectivity index (χ1) is 8.60. The Kier molecular flexibility index (Phi) is 5.28. The Bertz CT molecular complexity index is 366. The number of nitrogens with one attached hydrogen (secondary N) is 1. The van der Waals surface area contributed by atoms with Crippen molar-refractivity contribution in [3.8, 4) is 0 Å². The average molecular weight is 330 g/mol. The lowest BCUT2D eigenvalue weighted by atomic mass is 9.82. The van der Waals surface area contributed by atoms with E-state index in [9.17, 15) is 0 Å². The quantitative estimate of drug-likeness (QED) is 0.785. The molecule has 1 aromatic heterocycles. The molecular formula is C15H24BrNS. The van der Waals surface area contributed by atoms with Gasteiger partial charge in [-0.15, -0.1) is 11.3 Å². The fourth-order valence-electron chi connectivity index (χ4n) is 2.98. The molecule has 18 heavy (non-hydrogen) atoms. The van der Waals surface area contributed by atoms with Crippen molar-refractivity contribution in [3.63, 3.8) is 0 Å². The maximum absolute atomic E-state index is 3.69. The van der Waals surface area contributed by atoms with Gasteiger partial charge in [0.05, 0.1) is 0 Å². The van der Waals surface area contributed by atoms with E-state index in [1.807, 2.05) is 11.3 Å². The number of thiophene rings is 1. The zero-order valence-electron chi connectivity index (χ0n) is 11.5. The van der Waals surface area contributed by atoms with E-state index >= 15 is 0 Å². The molecule has 0 bridgehead atoms. The Morgan fingerprint density at radius 3 is 2.67 bits per heavy atom. The standard InChI is InChI=1S/C15H24BrNS/c1-12(2)9-17-11-15(5-3-4-6-15)8-14-7-13(16)10-18-14/h7,10,12,17H,3-6,8-9,11H2,1-2H3. The Hall–Kier alpha value is 0.140. The smallest absolute Gasteiger partial charge is 0.0285 e. The molecule has 1 nitrogen and oxygen atoms in total. The third-order valence-electron chi connectivity index (χ3n) is 3.89. The molecule has 0 aliphatic heterocycles. The van der Waals surface area contributed by atoms with Gasteiger partial charge in [-0.1, -0.05) is 26.7 Å². The first kappa shape index (κ1) is 14.5. The maximum atomic E-state index is 3.69. The zero-order valence-corrected chi connectivity index (χ0v) is 13.9. The Morgan fingerprint density at radius 1 is 1.39 bits per heavy atom. The summed E-state index contributed by atoms with van der Waals surface area (Å²) in [6.45, 7) is 6.91. The summed E-state index contributed by atoms with van der Waals surface area (Å²) >= 11 is 5.47. The highest BCUT2D eigenvalue weighted by atomic mass is 79.9. The third kappa shape index (κ3) is 4.07. The van der Waals surface area contributed by atoms with Gasteiger partial charge >= 0.3 is 0 Å². The van der Waals surface area contributed by atoms with Gasteiger partial charge in [-0.2, -0.15) is 0 Å². The van der Waals surface area contributed by atoms with E-state index in [0.29, 0.717) is 5.41 Å². The molecule has 3 heteroatoms. The molecule has 0 atom stereocenters. The minimum absolute atomic E-state index is 0.527. The summed E-state index contributed by atoms with van der Waals surface area (Å²) in [4.78, 5) is 1.54. The van der Waals surface area contributed by atoms with Gasteiger partial charge in [-0.05, 0) is 59.1 Å². The molecule has 1 aromatic rings. The van der Waals surface area contributed by atoms with Crippen molar-refractivity contribution in [3.05, 3.63) is 20.8 Å². The summed E-state index contributed by atoms with van der Waals surface area (Å²) in [5, 5.41) is 5.90. The van der Waals surface area contributed by atoms with Crippen LogP contribution in [-0.4, -0.2) is 13.1 Å². The predicted molar refractivity (Wildman–Crippen MR) is 84.3 cm³/mol. The van der Waals surface area contributed by atoms with Crippen LogP contribution < -0.4 is 5.32 Å². The molecule has 0 radical (unpaired) electrons. The topological polar surface area (TPSA) is 12.0 Å². The van der Waals surface area contributed by atoms with Crippen LogP contribution in [0.2, 0.25) is 0 Å². The summed E-state index contributed by atoms with van der Waals surface area (Å²) < 4.78 is 1.24. The fraction of sp³-hybridized carbons (Fsp3) is 0.733. The first-order valence-corrected chi connectivity index (χ1v) is 8.71. The van der Waals surface area contributed by atoms with Crippen LogP contribution in [0.3, 0.4) is 0 Å². The van der Waals surface area contributed by atoms with Crippen molar-refractivity contribution in [1.29, 1.82) is 0 Å². The SMILES string of the molecule is CC(C)CNCC1(Cc2cc(Br)cs2)CCCC1. The molecular weight excluding hydrogens is 306 g/mol. The molecule has 0 saturated heterocycles. The second-order valence-corrected chi connectivity index (χ2v) is 8.05. The van der Waals surface area contributed by atoms with Crippen LogP contribution in [0.15, 0.2) is 15.9 Å². The third-order valence-corrected chi connectivity index (χ3v) is 5.59. The number of halogens is 1. The summed E-state index contributed by atoms with van der Waals surface area (Å²) in [7, 11) is 0. The molecule has 0 unspecified atom stereocenters. The van der Waals surface area contributed by atoms with E-state index < -0.39 is 0 Å². The Balaban J connectivity index is 1.93. The molecule has 2 rings (SSSR count). The highest BCUT2D eigenvalue weighted by Crippen LogP contribution is 2.41. The minimum Gasteiger partial charge on any atom is -0.316 e. The van der Waals surface area contributed by atoms with E-state index in [2.05, 4.69) is 46.5 Å². The molecule has 0 spiro atoms. The van der Waals surface area contributed by atoms with Crippen molar-refractivity contribution in [2.45, 2.75) is 46.0 Å². The van der Waals surface area contributed by atoms with Crippen LogP contribution in [0.1, 0.15) is 44.4 Å². The molecule has 1 aliphatic carbocycles. The normalized spacial score (nSPS) is 18.7. The fourth-order valence-corrected chi connectivity index (χ4v) is 4.61. The number of rotatable bonds is 6. The summed E-state index contributed by atoms with van der Waals surface area (Å²) in [5.74, 6) is 0.749. The predicted octanol–water partition coefficient (Wildman–Crippen LogP) is 4.86. The molecule has 1 heterocycles. The second-order valence-electron chi connectivity index (χ2n) is 6.14. The second kappa shape index (κ2) is 6.53. The van der Waals surface area contributed by atoms with Gasteiger partial charge in [0.25, 0.3) is 0 Å².